The van der Waals surface area contributed by atoms with Crippen LogP contribution in [-0.4, -0.2) is 23.7 Å². The first-order valence-corrected chi connectivity index (χ1v) is 7.31. The third-order valence-electron chi connectivity index (χ3n) is 3.89. The van der Waals surface area contributed by atoms with Crippen LogP contribution in [0, 0.1) is 11.3 Å². The van der Waals surface area contributed by atoms with Gasteiger partial charge in [0.1, 0.15) is 11.8 Å². The monoisotopic (exact) mass is 273 g/mol. The Morgan fingerprint density at radius 1 is 1.25 bits per heavy atom. The average Bonchev–Trinajstić information content (AvgIpc) is 2.46. The fourth-order valence-corrected chi connectivity index (χ4v) is 2.73. The number of piperidine rings is 1. The van der Waals surface area contributed by atoms with Crippen molar-refractivity contribution in [3.63, 3.8) is 0 Å². The molecule has 1 fully saturated rings. The minimum absolute atomic E-state index is 0.0976. The van der Waals surface area contributed by atoms with Crippen LogP contribution in [0.1, 0.15) is 38.7 Å². The van der Waals surface area contributed by atoms with Crippen LogP contribution in [-0.2, 0) is 6.54 Å². The maximum absolute atomic E-state index is 8.47. The van der Waals surface area contributed by atoms with Crippen molar-refractivity contribution in [3.8, 4) is 11.8 Å². The summed E-state index contributed by atoms with van der Waals surface area (Å²) in [5.41, 5.74) is 4.76. The third-order valence-corrected chi connectivity index (χ3v) is 3.89. The summed E-state index contributed by atoms with van der Waals surface area (Å²) in [5.74, 6) is 0.745. The van der Waals surface area contributed by atoms with E-state index in [1.807, 2.05) is 30.3 Å². The van der Waals surface area contributed by atoms with Gasteiger partial charge in [-0.25, -0.2) is 5.01 Å². The Kier molecular flexibility index (Phi) is 5.40. The molecule has 1 saturated heterocycles. The fourth-order valence-electron chi connectivity index (χ4n) is 2.73. The molecule has 1 aliphatic rings. The first-order chi connectivity index (χ1) is 9.70. The van der Waals surface area contributed by atoms with E-state index in [4.69, 9.17) is 10.00 Å². The Hall–Kier alpha value is -1.57. The topological polar surface area (TPSA) is 48.3 Å². The molecule has 20 heavy (non-hydrogen) atoms. The molecule has 0 bridgehead atoms. The molecule has 1 aliphatic heterocycles. The average molecular weight is 273 g/mol. The quantitative estimate of drug-likeness (QED) is 0.896. The zero-order valence-electron chi connectivity index (χ0n) is 12.3. The van der Waals surface area contributed by atoms with Crippen molar-refractivity contribution in [1.29, 1.82) is 5.26 Å². The maximum atomic E-state index is 8.47. The van der Waals surface area contributed by atoms with Crippen LogP contribution in [0.2, 0.25) is 0 Å². The smallest absolute Gasteiger partial charge is 0.174 e. The summed E-state index contributed by atoms with van der Waals surface area (Å²) in [4.78, 5) is 0. The second kappa shape index (κ2) is 7.28. The Balaban J connectivity index is 1.85. The van der Waals surface area contributed by atoms with E-state index in [0.717, 1.165) is 12.3 Å². The van der Waals surface area contributed by atoms with E-state index in [2.05, 4.69) is 24.3 Å². The van der Waals surface area contributed by atoms with Crippen molar-refractivity contribution in [2.45, 2.75) is 51.7 Å². The lowest BCUT2D eigenvalue weighted by Crippen LogP contribution is -2.51. The van der Waals surface area contributed by atoms with Gasteiger partial charge in [-0.15, -0.1) is 0 Å². The van der Waals surface area contributed by atoms with E-state index in [9.17, 15) is 0 Å². The van der Waals surface area contributed by atoms with Crippen molar-refractivity contribution in [1.82, 2.24) is 10.4 Å². The molecule has 2 atom stereocenters. The number of rotatable bonds is 5. The lowest BCUT2D eigenvalue weighted by molar-refractivity contribution is 0.0435. The summed E-state index contributed by atoms with van der Waals surface area (Å²) in [6.07, 6.45) is 3.85. The van der Waals surface area contributed by atoms with Gasteiger partial charge in [0, 0.05) is 18.6 Å². The largest absolute Gasteiger partial charge is 0.479 e. The van der Waals surface area contributed by atoms with E-state index in [-0.39, 0.29) is 6.61 Å². The van der Waals surface area contributed by atoms with E-state index >= 15 is 0 Å². The minimum Gasteiger partial charge on any atom is -0.479 e. The second-order valence-electron chi connectivity index (χ2n) is 5.46. The predicted molar refractivity (Wildman–Crippen MR) is 79.0 cm³/mol. The molecule has 2 unspecified atom stereocenters. The maximum Gasteiger partial charge on any atom is 0.174 e. The van der Waals surface area contributed by atoms with Gasteiger partial charge in [0.2, 0.25) is 0 Å². The molecular formula is C16H23N3O. The van der Waals surface area contributed by atoms with Crippen LogP contribution < -0.4 is 10.2 Å². The highest BCUT2D eigenvalue weighted by atomic mass is 16.5. The highest BCUT2D eigenvalue weighted by Crippen LogP contribution is 2.20. The van der Waals surface area contributed by atoms with E-state index in [1.54, 1.807) is 0 Å². The van der Waals surface area contributed by atoms with Crippen molar-refractivity contribution in [3.05, 3.63) is 29.8 Å². The summed E-state index contributed by atoms with van der Waals surface area (Å²) in [6.45, 7) is 5.48. The molecular weight excluding hydrogens is 250 g/mol. The van der Waals surface area contributed by atoms with Crippen molar-refractivity contribution < 1.29 is 4.74 Å². The summed E-state index contributed by atoms with van der Waals surface area (Å²) in [7, 11) is 0. The highest BCUT2D eigenvalue weighted by Gasteiger charge is 2.23. The predicted octanol–water partition coefficient (Wildman–Crippen LogP) is 2.86. The molecule has 4 nitrogen and oxygen atoms in total. The molecule has 0 amide bonds. The van der Waals surface area contributed by atoms with Gasteiger partial charge in [0.25, 0.3) is 0 Å². The molecule has 1 heterocycles. The lowest BCUT2D eigenvalue weighted by Gasteiger charge is -2.39. The summed E-state index contributed by atoms with van der Waals surface area (Å²) in [6, 6.07) is 11.1. The highest BCUT2D eigenvalue weighted by molar-refractivity contribution is 5.27. The van der Waals surface area contributed by atoms with Gasteiger partial charge in [-0.2, -0.15) is 5.26 Å². The number of hydrogen-bond acceptors (Lipinski definition) is 4. The number of hydrogen-bond donors (Lipinski definition) is 1. The van der Waals surface area contributed by atoms with Gasteiger partial charge >= 0.3 is 0 Å². The Labute approximate surface area is 121 Å². The van der Waals surface area contributed by atoms with Crippen LogP contribution in [0.15, 0.2) is 24.3 Å². The fraction of sp³-hybridized carbons (Fsp3) is 0.562. The normalized spacial score (nSPS) is 23.2. The lowest BCUT2D eigenvalue weighted by atomic mass is 10.00. The Morgan fingerprint density at radius 3 is 2.50 bits per heavy atom. The van der Waals surface area contributed by atoms with Crippen molar-refractivity contribution >= 4 is 0 Å². The molecule has 1 N–H and O–H groups in total. The van der Waals surface area contributed by atoms with Gasteiger partial charge in [-0.1, -0.05) is 18.6 Å². The summed E-state index contributed by atoms with van der Waals surface area (Å²) in [5, 5.41) is 10.8. The Bertz CT molecular complexity index is 442. The minimum atomic E-state index is 0.0976. The van der Waals surface area contributed by atoms with Crippen molar-refractivity contribution in [2.75, 3.05) is 6.61 Å². The zero-order chi connectivity index (χ0) is 14.4. The molecule has 0 radical (unpaired) electrons. The Morgan fingerprint density at radius 2 is 1.90 bits per heavy atom. The number of benzene rings is 1. The number of ether oxygens (including phenoxy) is 1. The first-order valence-electron chi connectivity index (χ1n) is 7.31. The summed E-state index contributed by atoms with van der Waals surface area (Å²) < 4.78 is 5.25. The molecule has 0 saturated carbocycles. The molecule has 0 aliphatic carbocycles. The number of nitrogens with one attached hydrogen (secondary N) is 1. The van der Waals surface area contributed by atoms with Gasteiger partial charge in [-0.05, 0) is 44.4 Å². The second-order valence-corrected chi connectivity index (χ2v) is 5.46. The molecule has 108 valence electrons. The standard InChI is InChI=1S/C16H23N3O/c1-13-4-3-5-14(2)19(13)18-12-15-6-8-16(9-7-15)20-11-10-17/h6-9,13-14,18H,3-5,11-12H2,1-2H3. The van der Waals surface area contributed by atoms with Crippen molar-refractivity contribution in [2.24, 2.45) is 0 Å². The number of hydrazine groups is 1. The van der Waals surface area contributed by atoms with Crippen LogP contribution in [0.4, 0.5) is 0 Å². The van der Waals surface area contributed by atoms with Crippen LogP contribution in [0.3, 0.4) is 0 Å². The molecule has 1 aromatic rings. The molecule has 4 heteroatoms. The van der Waals surface area contributed by atoms with E-state index in [1.165, 1.54) is 24.8 Å². The van der Waals surface area contributed by atoms with Gasteiger partial charge < -0.3 is 4.74 Å². The van der Waals surface area contributed by atoms with Gasteiger partial charge in [0.05, 0.1) is 0 Å². The summed E-state index contributed by atoms with van der Waals surface area (Å²) >= 11 is 0. The van der Waals surface area contributed by atoms with Crippen LogP contribution in [0.5, 0.6) is 5.75 Å². The van der Waals surface area contributed by atoms with Crippen LogP contribution >= 0.6 is 0 Å². The molecule has 1 aromatic carbocycles. The van der Waals surface area contributed by atoms with Crippen LogP contribution in [0.25, 0.3) is 0 Å². The zero-order valence-corrected chi connectivity index (χ0v) is 12.3. The first kappa shape index (κ1) is 14.8. The van der Waals surface area contributed by atoms with Gasteiger partial charge in [-0.3, -0.25) is 5.43 Å². The number of nitriles is 1. The molecule has 0 spiro atoms. The molecule has 0 aromatic heterocycles. The van der Waals surface area contributed by atoms with E-state index < -0.39 is 0 Å². The molecule has 2 rings (SSSR count). The third kappa shape index (κ3) is 3.96. The number of nitrogens with zero attached hydrogens (tertiary/aromatic N) is 2. The van der Waals surface area contributed by atoms with E-state index in [0.29, 0.717) is 12.1 Å². The SMILES string of the molecule is CC1CCCC(C)N1NCc1ccc(OCC#N)cc1. The van der Waals surface area contributed by atoms with Gasteiger partial charge in [0.15, 0.2) is 6.61 Å².